The molecule has 142 valence electrons. The number of rotatable bonds is 7. The fourth-order valence-corrected chi connectivity index (χ4v) is 3.20. The van der Waals surface area contributed by atoms with Crippen molar-refractivity contribution in [2.45, 2.75) is 52.0 Å². The summed E-state index contributed by atoms with van der Waals surface area (Å²) in [6.45, 7) is 5.38. The zero-order valence-electron chi connectivity index (χ0n) is 15.6. The summed E-state index contributed by atoms with van der Waals surface area (Å²) in [5.74, 6) is 1.63. The van der Waals surface area contributed by atoms with Crippen molar-refractivity contribution in [2.24, 2.45) is 5.92 Å². The van der Waals surface area contributed by atoms with Gasteiger partial charge in [-0.3, -0.25) is 4.79 Å². The normalized spacial score (nSPS) is 17.8. The molecule has 3 heterocycles. The Morgan fingerprint density at radius 1 is 1.35 bits per heavy atom. The number of carbonyl (C=O) groups excluding carboxylic acids is 1. The smallest absolute Gasteiger partial charge is 0.293 e. The van der Waals surface area contributed by atoms with Crippen molar-refractivity contribution in [1.29, 1.82) is 0 Å². The van der Waals surface area contributed by atoms with E-state index in [0.717, 1.165) is 31.4 Å². The van der Waals surface area contributed by atoms with Gasteiger partial charge >= 0.3 is 0 Å². The van der Waals surface area contributed by atoms with Crippen LogP contribution in [-0.4, -0.2) is 46.4 Å². The van der Waals surface area contributed by atoms with Crippen LogP contribution in [0.3, 0.4) is 0 Å². The monoisotopic (exact) mass is 362 g/mol. The number of hydrogen-bond donors (Lipinski definition) is 0. The van der Waals surface area contributed by atoms with E-state index in [1.54, 1.807) is 18.1 Å². The lowest BCUT2D eigenvalue weighted by molar-refractivity contribution is 0.0520. The third kappa shape index (κ3) is 4.30. The maximum Gasteiger partial charge on any atom is 0.293 e. The van der Waals surface area contributed by atoms with Gasteiger partial charge in [0.05, 0.1) is 12.3 Å². The molecule has 1 unspecified atom stereocenters. The molecule has 1 fully saturated rings. The highest BCUT2D eigenvalue weighted by molar-refractivity contribution is 5.91. The Morgan fingerprint density at radius 3 is 2.96 bits per heavy atom. The van der Waals surface area contributed by atoms with Crippen LogP contribution in [-0.2, 0) is 17.6 Å². The molecule has 1 aliphatic heterocycles. The first-order valence-corrected chi connectivity index (χ1v) is 9.16. The van der Waals surface area contributed by atoms with Gasteiger partial charge in [-0.15, -0.1) is 0 Å². The molecule has 3 rings (SSSR count). The first kappa shape index (κ1) is 18.6. The van der Waals surface area contributed by atoms with Gasteiger partial charge in [-0.05, 0) is 31.6 Å². The lowest BCUT2D eigenvalue weighted by atomic mass is 10.0. The Kier molecular flexibility index (Phi) is 6.03. The van der Waals surface area contributed by atoms with Crippen molar-refractivity contribution in [3.05, 3.63) is 29.2 Å². The molecule has 0 aromatic carbocycles. The van der Waals surface area contributed by atoms with E-state index in [0.29, 0.717) is 37.2 Å². The summed E-state index contributed by atoms with van der Waals surface area (Å²) in [5.41, 5.74) is 0.802. The third-order valence-corrected chi connectivity index (χ3v) is 4.45. The standard InChI is InChI=1S/C18H26N4O4/c1-12(2)10-13-11-15(25-20-13)18(23)22-8-5-4-6-14(22)17-19-16(21-26-17)7-9-24-3/h11-12,14H,4-10H2,1-3H3. The average molecular weight is 362 g/mol. The molecule has 2 aromatic rings. The van der Waals surface area contributed by atoms with E-state index in [1.807, 2.05) is 0 Å². The van der Waals surface area contributed by atoms with Crippen molar-refractivity contribution in [3.8, 4) is 0 Å². The van der Waals surface area contributed by atoms with Crippen molar-refractivity contribution in [3.63, 3.8) is 0 Å². The van der Waals surface area contributed by atoms with Gasteiger partial charge in [-0.1, -0.05) is 24.2 Å². The van der Waals surface area contributed by atoms with Crippen molar-refractivity contribution < 1.29 is 18.6 Å². The lowest BCUT2D eigenvalue weighted by Crippen LogP contribution is -2.38. The predicted molar refractivity (Wildman–Crippen MR) is 92.6 cm³/mol. The number of amides is 1. The van der Waals surface area contributed by atoms with Crippen LogP contribution < -0.4 is 0 Å². The molecule has 0 bridgehead atoms. The van der Waals surface area contributed by atoms with Gasteiger partial charge in [0.2, 0.25) is 11.7 Å². The number of ether oxygens (including phenoxy) is 1. The largest absolute Gasteiger partial charge is 0.384 e. The van der Waals surface area contributed by atoms with Crippen LogP contribution in [0.5, 0.6) is 0 Å². The van der Waals surface area contributed by atoms with Crippen LogP contribution in [0, 0.1) is 5.92 Å². The minimum Gasteiger partial charge on any atom is -0.384 e. The maximum absolute atomic E-state index is 12.9. The molecule has 1 atom stereocenters. The molecule has 8 heteroatoms. The molecule has 0 aliphatic carbocycles. The second-order valence-corrected chi connectivity index (χ2v) is 7.08. The number of nitrogens with zero attached hydrogens (tertiary/aromatic N) is 4. The molecule has 1 amide bonds. The SMILES string of the molecule is COCCc1noc(C2CCCCN2C(=O)c2cc(CC(C)C)no2)n1. The molecule has 2 aromatic heterocycles. The first-order valence-electron chi connectivity index (χ1n) is 9.16. The molecule has 26 heavy (non-hydrogen) atoms. The quantitative estimate of drug-likeness (QED) is 0.747. The highest BCUT2D eigenvalue weighted by Crippen LogP contribution is 2.31. The van der Waals surface area contributed by atoms with Crippen LogP contribution >= 0.6 is 0 Å². The molecule has 0 N–H and O–H groups in total. The second-order valence-electron chi connectivity index (χ2n) is 7.08. The summed E-state index contributed by atoms with van der Waals surface area (Å²) < 4.78 is 15.8. The topological polar surface area (TPSA) is 94.5 Å². The number of methoxy groups -OCH3 is 1. The Morgan fingerprint density at radius 2 is 2.19 bits per heavy atom. The number of likely N-dealkylation sites (tertiary alicyclic amines) is 1. The second kappa shape index (κ2) is 8.44. The minimum absolute atomic E-state index is 0.172. The summed E-state index contributed by atoms with van der Waals surface area (Å²) in [5, 5.41) is 8.01. The van der Waals surface area contributed by atoms with Gasteiger partial charge in [0.15, 0.2) is 5.82 Å². The van der Waals surface area contributed by atoms with Gasteiger partial charge in [0, 0.05) is 26.1 Å². The Labute approximate surface area is 152 Å². The zero-order chi connectivity index (χ0) is 18.5. The van der Waals surface area contributed by atoms with Gasteiger partial charge in [-0.25, -0.2) is 0 Å². The van der Waals surface area contributed by atoms with Crippen LogP contribution in [0.2, 0.25) is 0 Å². The first-order chi connectivity index (χ1) is 12.6. The molecule has 8 nitrogen and oxygen atoms in total. The van der Waals surface area contributed by atoms with Crippen molar-refractivity contribution in [2.75, 3.05) is 20.3 Å². The summed E-state index contributed by atoms with van der Waals surface area (Å²) in [6.07, 6.45) is 4.12. The lowest BCUT2D eigenvalue weighted by Gasteiger charge is -2.32. The van der Waals surface area contributed by atoms with E-state index >= 15 is 0 Å². The molecular formula is C18H26N4O4. The van der Waals surface area contributed by atoms with Gasteiger partial charge in [0.1, 0.15) is 6.04 Å². The van der Waals surface area contributed by atoms with E-state index in [1.165, 1.54) is 0 Å². The zero-order valence-corrected chi connectivity index (χ0v) is 15.6. The average Bonchev–Trinajstić information content (AvgIpc) is 3.28. The molecule has 1 saturated heterocycles. The van der Waals surface area contributed by atoms with Crippen LogP contribution in [0.1, 0.15) is 67.1 Å². The summed E-state index contributed by atoms with van der Waals surface area (Å²) >= 11 is 0. The van der Waals surface area contributed by atoms with E-state index in [4.69, 9.17) is 13.8 Å². The van der Waals surface area contributed by atoms with Crippen LogP contribution in [0.4, 0.5) is 0 Å². The van der Waals surface area contributed by atoms with E-state index in [-0.39, 0.29) is 17.7 Å². The van der Waals surface area contributed by atoms with Crippen molar-refractivity contribution in [1.82, 2.24) is 20.2 Å². The number of carbonyl (C=O) groups is 1. The van der Waals surface area contributed by atoms with E-state index < -0.39 is 0 Å². The Balaban J connectivity index is 1.74. The summed E-state index contributed by atoms with van der Waals surface area (Å²) in [7, 11) is 1.63. The highest BCUT2D eigenvalue weighted by Gasteiger charge is 2.34. The molecule has 0 radical (unpaired) electrons. The molecule has 0 saturated carbocycles. The highest BCUT2D eigenvalue weighted by atomic mass is 16.5. The fraction of sp³-hybridized carbons (Fsp3) is 0.667. The number of aromatic nitrogens is 3. The van der Waals surface area contributed by atoms with Crippen molar-refractivity contribution >= 4 is 5.91 Å². The number of piperidine rings is 1. The molecular weight excluding hydrogens is 336 g/mol. The molecule has 1 aliphatic rings. The summed E-state index contributed by atoms with van der Waals surface area (Å²) in [6, 6.07) is 1.52. The van der Waals surface area contributed by atoms with E-state index in [2.05, 4.69) is 29.1 Å². The van der Waals surface area contributed by atoms with Crippen LogP contribution in [0.15, 0.2) is 15.1 Å². The Hall–Kier alpha value is -2.22. The van der Waals surface area contributed by atoms with E-state index in [9.17, 15) is 4.79 Å². The Bertz CT molecular complexity index is 724. The predicted octanol–water partition coefficient (Wildman–Crippen LogP) is 2.81. The summed E-state index contributed by atoms with van der Waals surface area (Å²) in [4.78, 5) is 19.1. The third-order valence-electron chi connectivity index (χ3n) is 4.45. The fourth-order valence-electron chi connectivity index (χ4n) is 3.20. The minimum atomic E-state index is -0.223. The number of hydrogen-bond acceptors (Lipinski definition) is 7. The van der Waals surface area contributed by atoms with Gasteiger partial charge in [-0.2, -0.15) is 4.98 Å². The van der Waals surface area contributed by atoms with Crippen LogP contribution in [0.25, 0.3) is 0 Å². The van der Waals surface area contributed by atoms with Gasteiger partial charge in [0.25, 0.3) is 5.91 Å². The van der Waals surface area contributed by atoms with Gasteiger partial charge < -0.3 is 18.7 Å². The maximum atomic E-state index is 12.9. The molecule has 0 spiro atoms.